The zero-order chi connectivity index (χ0) is 18.6. The highest BCUT2D eigenvalue weighted by Crippen LogP contribution is 2.25. The molecule has 2 rings (SSSR count). The molecular weight excluding hydrogens is 404 g/mol. The van der Waals surface area contributed by atoms with Gasteiger partial charge in [-0.05, 0) is 61.5 Å². The van der Waals surface area contributed by atoms with Crippen molar-refractivity contribution in [3.63, 3.8) is 0 Å². The zero-order valence-electron chi connectivity index (χ0n) is 14.4. The minimum atomic E-state index is -0.345. The van der Waals surface area contributed by atoms with Crippen LogP contribution < -0.4 is 20.1 Å². The molecule has 0 bridgehead atoms. The third kappa shape index (κ3) is 4.93. The van der Waals surface area contributed by atoms with E-state index in [9.17, 15) is 4.79 Å². The van der Waals surface area contributed by atoms with E-state index >= 15 is 0 Å². The Balaban J connectivity index is 2.14. The molecule has 0 aromatic heterocycles. The molecule has 5 nitrogen and oxygen atoms in total. The van der Waals surface area contributed by atoms with E-state index in [0.717, 1.165) is 21.3 Å². The molecule has 0 aliphatic carbocycles. The lowest BCUT2D eigenvalue weighted by Gasteiger charge is -2.15. The number of methoxy groups -OCH3 is 2. The number of halogens is 1. The van der Waals surface area contributed by atoms with Crippen LogP contribution in [0.1, 0.15) is 21.5 Å². The fraction of sp³-hybridized carbons (Fsp3) is 0.222. The molecule has 0 radical (unpaired) electrons. The van der Waals surface area contributed by atoms with Gasteiger partial charge in [0, 0.05) is 21.8 Å². The maximum absolute atomic E-state index is 12.4. The number of thiocarbonyl (C=S) groups is 1. The van der Waals surface area contributed by atoms with Gasteiger partial charge in [-0.25, -0.2) is 0 Å². The third-order valence-electron chi connectivity index (χ3n) is 3.58. The minimum Gasteiger partial charge on any atom is -0.497 e. The van der Waals surface area contributed by atoms with Gasteiger partial charge in [-0.2, -0.15) is 0 Å². The lowest BCUT2D eigenvalue weighted by molar-refractivity contribution is 0.0977. The Morgan fingerprint density at radius 3 is 2.00 bits per heavy atom. The van der Waals surface area contributed by atoms with E-state index in [1.54, 1.807) is 18.2 Å². The number of carbonyl (C=O) groups excluding carboxylic acids is 1. The van der Waals surface area contributed by atoms with Crippen LogP contribution >= 0.6 is 28.1 Å². The number of rotatable bonds is 4. The monoisotopic (exact) mass is 422 g/mol. The molecule has 2 aromatic carbocycles. The Labute approximate surface area is 160 Å². The number of ether oxygens (including phenoxy) is 2. The van der Waals surface area contributed by atoms with Gasteiger partial charge in [0.1, 0.15) is 11.5 Å². The molecule has 25 heavy (non-hydrogen) atoms. The van der Waals surface area contributed by atoms with E-state index in [1.165, 1.54) is 14.2 Å². The van der Waals surface area contributed by atoms with E-state index < -0.39 is 0 Å². The summed E-state index contributed by atoms with van der Waals surface area (Å²) < 4.78 is 11.3. The van der Waals surface area contributed by atoms with Crippen LogP contribution in [0.2, 0.25) is 0 Å². The van der Waals surface area contributed by atoms with E-state index in [-0.39, 0.29) is 11.0 Å². The average Bonchev–Trinajstić information content (AvgIpc) is 2.57. The van der Waals surface area contributed by atoms with Crippen LogP contribution in [0.5, 0.6) is 11.5 Å². The van der Waals surface area contributed by atoms with Crippen LogP contribution in [0.25, 0.3) is 0 Å². The Bertz CT molecular complexity index is 779. The van der Waals surface area contributed by atoms with E-state index in [1.807, 2.05) is 26.0 Å². The number of aryl methyl sites for hydroxylation is 2. The van der Waals surface area contributed by atoms with Gasteiger partial charge in [0.2, 0.25) is 0 Å². The Morgan fingerprint density at radius 2 is 1.52 bits per heavy atom. The Morgan fingerprint density at radius 1 is 1.00 bits per heavy atom. The molecule has 0 atom stereocenters. The lowest BCUT2D eigenvalue weighted by atomic mass is 10.1. The van der Waals surface area contributed by atoms with Gasteiger partial charge in [0.15, 0.2) is 5.11 Å². The molecule has 2 aromatic rings. The van der Waals surface area contributed by atoms with Gasteiger partial charge in [0.05, 0.1) is 14.2 Å². The second kappa shape index (κ2) is 8.31. The van der Waals surface area contributed by atoms with E-state index in [0.29, 0.717) is 17.1 Å². The third-order valence-corrected chi connectivity index (χ3v) is 4.24. The van der Waals surface area contributed by atoms with Gasteiger partial charge in [-0.3, -0.25) is 10.1 Å². The summed E-state index contributed by atoms with van der Waals surface area (Å²) in [4.78, 5) is 12.4. The number of hydrogen-bond acceptors (Lipinski definition) is 4. The van der Waals surface area contributed by atoms with Crippen molar-refractivity contribution in [1.29, 1.82) is 0 Å². The maximum atomic E-state index is 12.4. The number of carbonyl (C=O) groups is 1. The predicted octanol–water partition coefficient (Wildman–Crippen LogP) is 4.21. The normalized spacial score (nSPS) is 10.1. The molecular formula is C18H19BrN2O3S. The highest BCUT2D eigenvalue weighted by molar-refractivity contribution is 9.10. The summed E-state index contributed by atoms with van der Waals surface area (Å²) in [6.07, 6.45) is 0. The molecule has 0 aliphatic heterocycles. The van der Waals surface area contributed by atoms with Gasteiger partial charge in [-0.15, -0.1) is 0 Å². The molecule has 0 unspecified atom stereocenters. The number of anilines is 1. The number of hydrogen-bond donors (Lipinski definition) is 2. The topological polar surface area (TPSA) is 59.6 Å². The summed E-state index contributed by atoms with van der Waals surface area (Å²) in [6, 6.07) is 8.90. The van der Waals surface area contributed by atoms with Crippen LogP contribution in [-0.2, 0) is 0 Å². The second-order valence-electron chi connectivity index (χ2n) is 5.42. The lowest BCUT2D eigenvalue weighted by Crippen LogP contribution is -2.34. The summed E-state index contributed by atoms with van der Waals surface area (Å²) in [5.74, 6) is 0.716. The first kappa shape index (κ1) is 19.2. The van der Waals surface area contributed by atoms with Crippen molar-refractivity contribution in [3.05, 3.63) is 51.5 Å². The van der Waals surface area contributed by atoms with Crippen molar-refractivity contribution in [2.75, 3.05) is 19.5 Å². The summed E-state index contributed by atoms with van der Waals surface area (Å²) in [5.41, 5.74) is 3.30. The largest absolute Gasteiger partial charge is 0.497 e. The molecule has 1 amide bonds. The first-order chi connectivity index (χ1) is 11.8. The van der Waals surface area contributed by atoms with Crippen molar-refractivity contribution in [2.24, 2.45) is 0 Å². The number of benzene rings is 2. The highest BCUT2D eigenvalue weighted by atomic mass is 79.9. The molecule has 0 spiro atoms. The molecule has 0 aliphatic rings. The van der Waals surface area contributed by atoms with Gasteiger partial charge < -0.3 is 14.8 Å². The van der Waals surface area contributed by atoms with Crippen LogP contribution in [-0.4, -0.2) is 25.2 Å². The quantitative estimate of drug-likeness (QED) is 0.722. The molecule has 0 fully saturated rings. The first-order valence-electron chi connectivity index (χ1n) is 7.46. The Kier molecular flexibility index (Phi) is 6.39. The van der Waals surface area contributed by atoms with Gasteiger partial charge in [0.25, 0.3) is 5.91 Å². The van der Waals surface area contributed by atoms with Crippen molar-refractivity contribution in [2.45, 2.75) is 13.8 Å². The fourth-order valence-electron chi connectivity index (χ4n) is 2.37. The van der Waals surface area contributed by atoms with Crippen LogP contribution in [0.3, 0.4) is 0 Å². The predicted molar refractivity (Wildman–Crippen MR) is 107 cm³/mol. The summed E-state index contributed by atoms with van der Waals surface area (Å²) in [6.45, 7) is 3.94. The standard InChI is InChI=1S/C18H19BrN2O3S/c1-10-5-13(19)6-11(2)16(10)20-18(25)21-17(22)12-7-14(23-3)9-15(8-12)24-4/h5-9H,1-4H3,(H2,20,21,22,25). The van der Waals surface area contributed by atoms with Crippen LogP contribution in [0.4, 0.5) is 5.69 Å². The molecule has 0 saturated carbocycles. The summed E-state index contributed by atoms with van der Waals surface area (Å²) in [7, 11) is 3.06. The van der Waals surface area contributed by atoms with Gasteiger partial charge in [-0.1, -0.05) is 15.9 Å². The van der Waals surface area contributed by atoms with E-state index in [4.69, 9.17) is 21.7 Å². The van der Waals surface area contributed by atoms with Crippen molar-refractivity contribution < 1.29 is 14.3 Å². The van der Waals surface area contributed by atoms with Crippen LogP contribution in [0.15, 0.2) is 34.8 Å². The molecule has 0 heterocycles. The molecule has 132 valence electrons. The van der Waals surface area contributed by atoms with Crippen LogP contribution in [0, 0.1) is 13.8 Å². The smallest absolute Gasteiger partial charge is 0.257 e. The number of amides is 1. The molecule has 0 saturated heterocycles. The molecule has 7 heteroatoms. The SMILES string of the molecule is COc1cc(OC)cc(C(=O)NC(=S)Nc2c(C)cc(Br)cc2C)c1. The van der Waals surface area contributed by atoms with Crippen molar-refractivity contribution >= 4 is 44.9 Å². The second-order valence-corrected chi connectivity index (χ2v) is 6.75. The minimum absolute atomic E-state index is 0.223. The zero-order valence-corrected chi connectivity index (χ0v) is 16.8. The van der Waals surface area contributed by atoms with Gasteiger partial charge >= 0.3 is 0 Å². The first-order valence-corrected chi connectivity index (χ1v) is 8.66. The maximum Gasteiger partial charge on any atom is 0.257 e. The van der Waals surface area contributed by atoms with Crippen molar-refractivity contribution in [3.8, 4) is 11.5 Å². The van der Waals surface area contributed by atoms with Crippen molar-refractivity contribution in [1.82, 2.24) is 5.32 Å². The average molecular weight is 423 g/mol. The molecule has 2 N–H and O–H groups in total. The highest BCUT2D eigenvalue weighted by Gasteiger charge is 2.13. The fourth-order valence-corrected chi connectivity index (χ4v) is 3.25. The summed E-state index contributed by atoms with van der Waals surface area (Å²) in [5, 5.41) is 5.98. The Hall–Kier alpha value is -2.12. The summed E-state index contributed by atoms with van der Waals surface area (Å²) >= 11 is 8.73. The van der Waals surface area contributed by atoms with E-state index in [2.05, 4.69) is 26.6 Å². The number of nitrogens with one attached hydrogen (secondary N) is 2.